The van der Waals surface area contributed by atoms with Gasteiger partial charge in [-0.15, -0.1) is 11.8 Å². The maximum absolute atomic E-state index is 10.8. The number of aromatic nitrogens is 1. The van der Waals surface area contributed by atoms with Gasteiger partial charge >= 0.3 is 5.97 Å². The Bertz CT molecular complexity index is 600. The average molecular weight is 277 g/mol. The van der Waals surface area contributed by atoms with Crippen LogP contribution in [-0.4, -0.2) is 28.9 Å². The lowest BCUT2D eigenvalue weighted by atomic mass is 10.2. The number of aliphatic carboxylic acids is 1. The summed E-state index contributed by atoms with van der Waals surface area (Å²) in [6.45, 7) is 1.70. The Kier molecular flexibility index (Phi) is 4.27. The fourth-order valence-electron chi connectivity index (χ4n) is 1.64. The summed E-state index contributed by atoms with van der Waals surface area (Å²) < 4.78 is 5.21. The van der Waals surface area contributed by atoms with Gasteiger partial charge in [-0.3, -0.25) is 4.79 Å². The minimum Gasteiger partial charge on any atom is -0.497 e. The molecule has 2 aromatic rings. The second-order valence-electron chi connectivity index (χ2n) is 4.25. The summed E-state index contributed by atoms with van der Waals surface area (Å²) in [6, 6.07) is 7.73. The molecule has 0 saturated carbocycles. The smallest absolute Gasteiger partial charge is 0.307 e. The van der Waals surface area contributed by atoms with Crippen LogP contribution in [0.2, 0.25) is 0 Å². The van der Waals surface area contributed by atoms with Gasteiger partial charge in [0.25, 0.3) is 0 Å². The number of thioether (sulfide) groups is 1. The van der Waals surface area contributed by atoms with Crippen molar-refractivity contribution in [2.75, 3.05) is 12.9 Å². The summed E-state index contributed by atoms with van der Waals surface area (Å²) in [5, 5.41) is 11.8. The Morgan fingerprint density at radius 2 is 2.26 bits per heavy atom. The standard InChI is InChI=1S/C14H15NO3S/c1-9(14(16)17)8-19-13-12-7-11(18-2)4-3-10(12)5-6-15-13/h3-7,9H,8H2,1-2H3,(H,16,17). The van der Waals surface area contributed by atoms with Gasteiger partial charge in [0.2, 0.25) is 0 Å². The number of pyridine rings is 1. The van der Waals surface area contributed by atoms with E-state index < -0.39 is 11.9 Å². The van der Waals surface area contributed by atoms with Crippen LogP contribution in [0.25, 0.3) is 10.8 Å². The molecule has 0 radical (unpaired) electrons. The first-order valence-electron chi connectivity index (χ1n) is 5.90. The number of hydrogen-bond acceptors (Lipinski definition) is 4. The lowest BCUT2D eigenvalue weighted by Gasteiger charge is -2.09. The summed E-state index contributed by atoms with van der Waals surface area (Å²) in [6.07, 6.45) is 1.74. The van der Waals surface area contributed by atoms with E-state index in [1.54, 1.807) is 20.2 Å². The maximum Gasteiger partial charge on any atom is 0.307 e. The van der Waals surface area contributed by atoms with Gasteiger partial charge in [-0.05, 0) is 23.6 Å². The van der Waals surface area contributed by atoms with Crippen LogP contribution in [-0.2, 0) is 4.79 Å². The summed E-state index contributed by atoms with van der Waals surface area (Å²) in [5.41, 5.74) is 0. The molecule has 0 saturated heterocycles. The van der Waals surface area contributed by atoms with Crippen molar-refractivity contribution in [1.82, 2.24) is 4.98 Å². The molecule has 0 aliphatic heterocycles. The quantitative estimate of drug-likeness (QED) is 0.851. The Balaban J connectivity index is 2.29. The highest BCUT2D eigenvalue weighted by molar-refractivity contribution is 7.99. The summed E-state index contributed by atoms with van der Waals surface area (Å²) >= 11 is 1.46. The highest BCUT2D eigenvalue weighted by Gasteiger charge is 2.13. The first-order valence-corrected chi connectivity index (χ1v) is 6.88. The Morgan fingerprint density at radius 1 is 1.47 bits per heavy atom. The van der Waals surface area contributed by atoms with E-state index in [2.05, 4.69) is 4.98 Å². The number of rotatable bonds is 5. The zero-order valence-electron chi connectivity index (χ0n) is 10.8. The number of carbonyl (C=O) groups is 1. The van der Waals surface area contributed by atoms with Gasteiger partial charge in [0, 0.05) is 17.3 Å². The van der Waals surface area contributed by atoms with Crippen LogP contribution >= 0.6 is 11.8 Å². The van der Waals surface area contributed by atoms with E-state index in [9.17, 15) is 4.79 Å². The van der Waals surface area contributed by atoms with Crippen LogP contribution in [0.1, 0.15) is 6.92 Å². The molecule has 5 heteroatoms. The van der Waals surface area contributed by atoms with Crippen LogP contribution < -0.4 is 4.74 Å². The predicted molar refractivity (Wildman–Crippen MR) is 75.8 cm³/mol. The molecule has 0 amide bonds. The second-order valence-corrected chi connectivity index (χ2v) is 5.26. The number of hydrogen-bond donors (Lipinski definition) is 1. The molecule has 100 valence electrons. The van der Waals surface area contributed by atoms with E-state index in [1.165, 1.54) is 11.8 Å². The average Bonchev–Trinajstić information content (AvgIpc) is 2.43. The predicted octanol–water partition coefficient (Wildman–Crippen LogP) is 3.06. The van der Waals surface area contributed by atoms with Crippen molar-refractivity contribution in [2.45, 2.75) is 11.9 Å². The van der Waals surface area contributed by atoms with Crippen LogP contribution in [0.3, 0.4) is 0 Å². The third kappa shape index (κ3) is 3.17. The molecular formula is C14H15NO3S. The highest BCUT2D eigenvalue weighted by Crippen LogP contribution is 2.29. The summed E-state index contributed by atoms with van der Waals surface area (Å²) in [5.74, 6) is 0.0881. The topological polar surface area (TPSA) is 59.4 Å². The van der Waals surface area contributed by atoms with Crippen LogP contribution in [0, 0.1) is 5.92 Å². The minimum atomic E-state index is -0.787. The van der Waals surface area contributed by atoms with Gasteiger partial charge < -0.3 is 9.84 Å². The van der Waals surface area contributed by atoms with E-state index in [4.69, 9.17) is 9.84 Å². The van der Waals surface area contributed by atoms with E-state index >= 15 is 0 Å². The fraction of sp³-hybridized carbons (Fsp3) is 0.286. The molecule has 0 aliphatic rings. The zero-order chi connectivity index (χ0) is 13.8. The van der Waals surface area contributed by atoms with Crippen LogP contribution in [0.15, 0.2) is 35.5 Å². The zero-order valence-corrected chi connectivity index (χ0v) is 11.6. The minimum absolute atomic E-state index is 0.396. The second kappa shape index (κ2) is 5.93. The van der Waals surface area contributed by atoms with Gasteiger partial charge in [-0.2, -0.15) is 0 Å². The Hall–Kier alpha value is -1.75. The van der Waals surface area contributed by atoms with Gasteiger partial charge in [-0.25, -0.2) is 4.98 Å². The van der Waals surface area contributed by atoms with Gasteiger partial charge in [0.1, 0.15) is 10.8 Å². The van der Waals surface area contributed by atoms with Crippen molar-refractivity contribution >= 4 is 28.5 Å². The molecule has 0 bridgehead atoms. The Morgan fingerprint density at radius 3 is 2.95 bits per heavy atom. The van der Waals surface area contributed by atoms with E-state index in [0.29, 0.717) is 5.75 Å². The number of ether oxygens (including phenoxy) is 1. The van der Waals surface area contributed by atoms with E-state index in [-0.39, 0.29) is 0 Å². The number of carboxylic acids is 1. The summed E-state index contributed by atoms with van der Waals surface area (Å²) in [4.78, 5) is 15.2. The van der Waals surface area contributed by atoms with Crippen LogP contribution in [0.5, 0.6) is 5.75 Å². The molecule has 1 aromatic heterocycles. The van der Waals surface area contributed by atoms with Gasteiger partial charge in [-0.1, -0.05) is 13.0 Å². The van der Waals surface area contributed by atoms with E-state index in [0.717, 1.165) is 21.5 Å². The molecule has 0 spiro atoms. The van der Waals surface area contributed by atoms with Crippen molar-refractivity contribution < 1.29 is 14.6 Å². The van der Waals surface area contributed by atoms with Crippen molar-refractivity contribution in [3.8, 4) is 5.75 Å². The fourth-order valence-corrected chi connectivity index (χ4v) is 2.66. The molecule has 0 aliphatic carbocycles. The van der Waals surface area contributed by atoms with Crippen molar-refractivity contribution in [1.29, 1.82) is 0 Å². The van der Waals surface area contributed by atoms with E-state index in [1.807, 2.05) is 24.3 Å². The number of nitrogens with zero attached hydrogens (tertiary/aromatic N) is 1. The lowest BCUT2D eigenvalue weighted by molar-refractivity contribution is -0.140. The first-order chi connectivity index (χ1) is 9.11. The van der Waals surface area contributed by atoms with Crippen molar-refractivity contribution in [2.24, 2.45) is 5.92 Å². The summed E-state index contributed by atoms with van der Waals surface area (Å²) in [7, 11) is 1.62. The molecule has 1 heterocycles. The van der Waals surface area contributed by atoms with Gasteiger partial charge in [0.05, 0.1) is 13.0 Å². The van der Waals surface area contributed by atoms with Crippen molar-refractivity contribution in [3.05, 3.63) is 30.5 Å². The molecule has 4 nitrogen and oxygen atoms in total. The van der Waals surface area contributed by atoms with Crippen molar-refractivity contribution in [3.63, 3.8) is 0 Å². The number of carboxylic acid groups (broad SMARTS) is 1. The van der Waals surface area contributed by atoms with Crippen LogP contribution in [0.4, 0.5) is 0 Å². The third-order valence-electron chi connectivity index (χ3n) is 2.83. The molecule has 1 unspecified atom stereocenters. The molecule has 0 fully saturated rings. The highest BCUT2D eigenvalue weighted by atomic mass is 32.2. The maximum atomic E-state index is 10.8. The number of methoxy groups -OCH3 is 1. The lowest BCUT2D eigenvalue weighted by Crippen LogP contribution is -2.11. The third-order valence-corrected chi connectivity index (χ3v) is 4.09. The molecule has 2 rings (SSSR count). The molecule has 1 N–H and O–H groups in total. The number of fused-ring (bicyclic) bond motifs is 1. The molecule has 19 heavy (non-hydrogen) atoms. The monoisotopic (exact) mass is 277 g/mol. The molecule has 1 atom stereocenters. The largest absolute Gasteiger partial charge is 0.497 e. The number of benzene rings is 1. The molecule has 1 aromatic carbocycles. The SMILES string of the molecule is COc1ccc2ccnc(SCC(C)C(=O)O)c2c1. The first kappa shape index (κ1) is 13.7. The Labute approximate surface area is 115 Å². The molecular weight excluding hydrogens is 262 g/mol. The normalized spacial score (nSPS) is 12.3. The van der Waals surface area contributed by atoms with Gasteiger partial charge in [0.15, 0.2) is 0 Å².